The average Bonchev–Trinajstić information content (AvgIpc) is 2.93. The lowest BCUT2D eigenvalue weighted by Gasteiger charge is -2.05. The quantitative estimate of drug-likeness (QED) is 0.588. The van der Waals surface area contributed by atoms with Crippen molar-refractivity contribution in [3.63, 3.8) is 0 Å². The molecule has 0 aliphatic rings. The zero-order valence-corrected chi connectivity index (χ0v) is 13.3. The van der Waals surface area contributed by atoms with Crippen LogP contribution in [-0.4, -0.2) is 26.8 Å². The molecule has 108 valence electrons. The molecule has 0 aromatic carbocycles. The summed E-state index contributed by atoms with van der Waals surface area (Å²) in [6.45, 7) is 1.82. The average molecular weight is 385 g/mol. The summed E-state index contributed by atoms with van der Waals surface area (Å²) in [7, 11) is 0. The lowest BCUT2D eigenvalue weighted by atomic mass is 10.5. The molecule has 2 rings (SSSR count). The topological polar surface area (TPSA) is 43.1 Å². The molecule has 0 radical (unpaired) electrons. The Morgan fingerprint density at radius 1 is 1.50 bits per heavy atom. The van der Waals surface area contributed by atoms with Crippen molar-refractivity contribution < 1.29 is 13.2 Å². The number of thiophene rings is 1. The predicted octanol–water partition coefficient (Wildman–Crippen LogP) is 4.12. The molecule has 0 unspecified atom stereocenters. The van der Waals surface area contributed by atoms with Gasteiger partial charge in [-0.2, -0.15) is 22.9 Å². The van der Waals surface area contributed by atoms with Gasteiger partial charge in [0.05, 0.1) is 6.21 Å². The highest BCUT2D eigenvalue weighted by Gasteiger charge is 2.38. The van der Waals surface area contributed by atoms with Crippen molar-refractivity contribution in [1.29, 1.82) is 0 Å². The second-order valence-electron chi connectivity index (χ2n) is 3.46. The zero-order chi connectivity index (χ0) is 14.8. The van der Waals surface area contributed by atoms with Gasteiger partial charge in [-0.15, -0.1) is 21.5 Å². The van der Waals surface area contributed by atoms with Gasteiger partial charge in [0, 0.05) is 14.7 Å². The Balaban J connectivity index is 2.37. The Morgan fingerprint density at radius 2 is 2.25 bits per heavy atom. The summed E-state index contributed by atoms with van der Waals surface area (Å²) in [4.78, 5) is 0.728. The van der Waals surface area contributed by atoms with E-state index in [1.54, 1.807) is 6.07 Å². The summed E-state index contributed by atoms with van der Waals surface area (Å²) >= 11 is 5.78. The molecule has 2 heterocycles. The largest absolute Gasteiger partial charge is 0.453 e. The van der Waals surface area contributed by atoms with E-state index in [0.717, 1.165) is 25.8 Å². The number of nitrogens with zero attached hydrogens (tertiary/aromatic N) is 4. The number of rotatable bonds is 4. The number of thioether (sulfide) groups is 1. The summed E-state index contributed by atoms with van der Waals surface area (Å²) in [6, 6.07) is 1.76. The van der Waals surface area contributed by atoms with Crippen molar-refractivity contribution in [2.45, 2.75) is 18.3 Å². The van der Waals surface area contributed by atoms with Crippen molar-refractivity contribution in [2.75, 3.05) is 5.75 Å². The molecule has 4 nitrogen and oxygen atoms in total. The predicted molar refractivity (Wildman–Crippen MR) is 76.4 cm³/mol. The van der Waals surface area contributed by atoms with E-state index < -0.39 is 12.0 Å². The van der Waals surface area contributed by atoms with Gasteiger partial charge in [-0.3, -0.25) is 0 Å². The number of hydrogen-bond donors (Lipinski definition) is 0. The lowest BCUT2D eigenvalue weighted by molar-refractivity contribution is -0.147. The van der Waals surface area contributed by atoms with E-state index in [9.17, 15) is 13.2 Å². The molecule has 0 aliphatic heterocycles. The monoisotopic (exact) mass is 384 g/mol. The van der Waals surface area contributed by atoms with Crippen molar-refractivity contribution in [3.8, 4) is 0 Å². The molecular weight excluding hydrogens is 377 g/mol. The third kappa shape index (κ3) is 3.61. The molecule has 0 fully saturated rings. The molecule has 0 bridgehead atoms. The molecule has 0 N–H and O–H groups in total. The molecule has 0 atom stereocenters. The van der Waals surface area contributed by atoms with Crippen molar-refractivity contribution >= 4 is 45.2 Å². The van der Waals surface area contributed by atoms with Crippen LogP contribution in [0.5, 0.6) is 0 Å². The van der Waals surface area contributed by atoms with Crippen LogP contribution in [0, 0.1) is 0 Å². The first-order valence-electron chi connectivity index (χ1n) is 5.35. The minimum atomic E-state index is -4.59. The van der Waals surface area contributed by atoms with Gasteiger partial charge >= 0.3 is 6.18 Å². The van der Waals surface area contributed by atoms with Crippen LogP contribution in [0.1, 0.15) is 17.6 Å². The van der Waals surface area contributed by atoms with E-state index in [1.165, 1.54) is 17.6 Å². The maximum Gasteiger partial charge on any atom is 0.453 e. The highest BCUT2D eigenvalue weighted by molar-refractivity contribution is 9.10. The zero-order valence-electron chi connectivity index (χ0n) is 10.1. The maximum absolute atomic E-state index is 12.8. The fourth-order valence-electron chi connectivity index (χ4n) is 1.28. The van der Waals surface area contributed by atoms with Crippen LogP contribution < -0.4 is 0 Å². The first-order valence-corrected chi connectivity index (χ1v) is 8.01. The van der Waals surface area contributed by atoms with Crippen LogP contribution in [0.25, 0.3) is 0 Å². The van der Waals surface area contributed by atoms with Gasteiger partial charge < -0.3 is 0 Å². The van der Waals surface area contributed by atoms with Gasteiger partial charge in [0.2, 0.25) is 5.16 Å². The second-order valence-corrected chi connectivity index (χ2v) is 6.55. The minimum Gasteiger partial charge on any atom is -0.183 e. The van der Waals surface area contributed by atoms with E-state index in [-0.39, 0.29) is 5.16 Å². The van der Waals surface area contributed by atoms with Crippen LogP contribution in [-0.2, 0) is 6.18 Å². The number of aromatic nitrogens is 3. The molecule has 0 saturated carbocycles. The maximum atomic E-state index is 12.8. The van der Waals surface area contributed by atoms with E-state index in [1.807, 2.05) is 12.3 Å². The molecule has 20 heavy (non-hydrogen) atoms. The third-order valence-electron chi connectivity index (χ3n) is 2.03. The lowest BCUT2D eigenvalue weighted by Crippen LogP contribution is -2.13. The van der Waals surface area contributed by atoms with E-state index in [4.69, 9.17) is 0 Å². The SMILES string of the molecule is CCSc1nnc(C(F)(F)F)n1/N=C/c1cc(Br)cs1. The molecular formula is C10H8BrF3N4S2. The molecule has 0 spiro atoms. The van der Waals surface area contributed by atoms with Gasteiger partial charge in [-0.05, 0) is 27.7 Å². The van der Waals surface area contributed by atoms with Gasteiger partial charge in [-0.25, -0.2) is 0 Å². The number of hydrogen-bond acceptors (Lipinski definition) is 5. The fraction of sp³-hybridized carbons (Fsp3) is 0.300. The Morgan fingerprint density at radius 3 is 2.80 bits per heavy atom. The molecule has 0 saturated heterocycles. The van der Waals surface area contributed by atoms with Gasteiger partial charge in [-0.1, -0.05) is 18.7 Å². The fourth-order valence-corrected chi connectivity index (χ4v) is 3.19. The van der Waals surface area contributed by atoms with Crippen LogP contribution in [0.2, 0.25) is 0 Å². The molecule has 0 amide bonds. The summed E-state index contributed by atoms with van der Waals surface area (Å²) in [5, 5.41) is 12.5. The standard InChI is InChI=1S/C10H8BrF3N4S2/c1-2-19-9-17-16-8(10(12,13)14)18(9)15-4-7-3-6(11)5-20-7/h3-5H,2H2,1H3/b15-4+. The van der Waals surface area contributed by atoms with Crippen LogP contribution in [0.3, 0.4) is 0 Å². The van der Waals surface area contributed by atoms with Crippen LogP contribution >= 0.6 is 39.0 Å². The Bertz CT molecular complexity index is 620. The third-order valence-corrected chi connectivity index (χ3v) is 4.46. The first kappa shape index (κ1) is 15.5. The smallest absolute Gasteiger partial charge is 0.183 e. The van der Waals surface area contributed by atoms with Crippen LogP contribution in [0.4, 0.5) is 13.2 Å². The van der Waals surface area contributed by atoms with Gasteiger partial charge in [0.25, 0.3) is 5.82 Å². The van der Waals surface area contributed by atoms with Crippen LogP contribution in [0.15, 0.2) is 26.2 Å². The van der Waals surface area contributed by atoms with Crippen molar-refractivity contribution in [1.82, 2.24) is 14.9 Å². The summed E-state index contributed by atoms with van der Waals surface area (Å²) in [5.41, 5.74) is 0. The Kier molecular flexibility index (Phi) is 4.86. The number of alkyl halides is 3. The molecule has 2 aromatic heterocycles. The minimum absolute atomic E-state index is 0.117. The summed E-state index contributed by atoms with van der Waals surface area (Å²) < 4.78 is 40.0. The highest BCUT2D eigenvalue weighted by Crippen LogP contribution is 2.30. The number of halogens is 4. The Labute approximate surface area is 129 Å². The molecule has 10 heteroatoms. The van der Waals surface area contributed by atoms with E-state index >= 15 is 0 Å². The first-order chi connectivity index (χ1) is 9.41. The highest BCUT2D eigenvalue weighted by atomic mass is 79.9. The van der Waals surface area contributed by atoms with E-state index in [0.29, 0.717) is 5.75 Å². The summed E-state index contributed by atoms with van der Waals surface area (Å²) in [5.74, 6) is -0.545. The Hall–Kier alpha value is -0.870. The second kappa shape index (κ2) is 6.27. The van der Waals surface area contributed by atoms with Crippen molar-refractivity contribution in [3.05, 3.63) is 26.6 Å². The van der Waals surface area contributed by atoms with Gasteiger partial charge in [0.1, 0.15) is 0 Å². The molecule has 2 aromatic rings. The van der Waals surface area contributed by atoms with E-state index in [2.05, 4.69) is 31.2 Å². The normalized spacial score (nSPS) is 12.4. The van der Waals surface area contributed by atoms with Crippen molar-refractivity contribution in [2.24, 2.45) is 5.10 Å². The van der Waals surface area contributed by atoms with Gasteiger partial charge in [0.15, 0.2) is 0 Å². The molecule has 0 aliphatic carbocycles. The summed E-state index contributed by atoms with van der Waals surface area (Å²) in [6.07, 6.45) is -3.24.